The van der Waals surface area contributed by atoms with E-state index in [1.54, 1.807) is 0 Å². The predicted molar refractivity (Wildman–Crippen MR) is 85.8 cm³/mol. The molecule has 2 rings (SSSR count). The summed E-state index contributed by atoms with van der Waals surface area (Å²) in [4.78, 5) is 4.42. The number of nitrogens with zero attached hydrogens (tertiary/aromatic N) is 3. The van der Waals surface area contributed by atoms with Gasteiger partial charge in [-0.1, -0.05) is 20.8 Å². The van der Waals surface area contributed by atoms with Crippen LogP contribution < -0.4 is 5.73 Å². The maximum absolute atomic E-state index is 8.68. The van der Waals surface area contributed by atoms with Crippen molar-refractivity contribution in [1.82, 2.24) is 9.80 Å². The number of nitriles is 1. The fourth-order valence-electron chi connectivity index (χ4n) is 2.24. The molecule has 0 bridgehead atoms. The first kappa shape index (κ1) is 20.3. The van der Waals surface area contributed by atoms with E-state index in [2.05, 4.69) is 24.3 Å². The second-order valence-electron chi connectivity index (χ2n) is 4.14. The van der Waals surface area contributed by atoms with Crippen molar-refractivity contribution in [2.75, 3.05) is 32.7 Å². The largest absolute Gasteiger partial charge is 0.331 e. The summed E-state index contributed by atoms with van der Waals surface area (Å²) < 4.78 is 0. The minimum atomic E-state index is 0. The average Bonchev–Trinajstić information content (AvgIpc) is 3.15. The summed E-state index contributed by atoms with van der Waals surface area (Å²) in [6.07, 6.45) is 6.11. The first-order valence-electron chi connectivity index (χ1n) is 7.40. The third kappa shape index (κ3) is 8.63. The van der Waals surface area contributed by atoms with E-state index in [-0.39, 0.29) is 1.43 Å². The van der Waals surface area contributed by atoms with E-state index < -0.39 is 0 Å². The molecule has 2 aliphatic rings. The van der Waals surface area contributed by atoms with Gasteiger partial charge in [-0.3, -0.25) is 4.90 Å². The smallest absolute Gasteiger partial charge is 0.179 e. The van der Waals surface area contributed by atoms with Gasteiger partial charge in [0.2, 0.25) is 0 Å². The van der Waals surface area contributed by atoms with Gasteiger partial charge in [-0.15, -0.1) is 13.2 Å². The number of hydrogen-bond donors (Lipinski definition) is 1. The van der Waals surface area contributed by atoms with Crippen molar-refractivity contribution >= 4 is 0 Å². The normalized spacial score (nSPS) is 21.0. The summed E-state index contributed by atoms with van der Waals surface area (Å²) in [6.45, 7) is 17.1. The molecule has 0 aromatic carbocycles. The van der Waals surface area contributed by atoms with E-state index in [9.17, 15) is 0 Å². The summed E-state index contributed by atoms with van der Waals surface area (Å²) in [5, 5.41) is 8.68. The molecule has 4 heteroatoms. The number of rotatable bonds is 1. The monoisotopic (exact) mass is 270 g/mol. The quantitative estimate of drug-likeness (QED) is 0.588. The van der Waals surface area contributed by atoms with Crippen molar-refractivity contribution in [2.45, 2.75) is 46.1 Å². The lowest BCUT2D eigenvalue weighted by molar-refractivity contribution is 0.248. The van der Waals surface area contributed by atoms with Crippen LogP contribution in [0.15, 0.2) is 13.2 Å². The average molecular weight is 270 g/mol. The van der Waals surface area contributed by atoms with Crippen molar-refractivity contribution in [3.8, 4) is 6.19 Å². The molecule has 0 amide bonds. The van der Waals surface area contributed by atoms with Crippen molar-refractivity contribution in [3.63, 3.8) is 0 Å². The highest BCUT2D eigenvalue weighted by atomic mass is 15.3. The molecule has 2 fully saturated rings. The summed E-state index contributed by atoms with van der Waals surface area (Å²) in [5.41, 5.74) is 4.85. The second kappa shape index (κ2) is 15.0. The molecule has 1 atom stereocenters. The maximum Gasteiger partial charge on any atom is 0.179 e. The molecular weight excluding hydrogens is 236 g/mol. The minimum Gasteiger partial charge on any atom is -0.331 e. The van der Waals surface area contributed by atoms with Crippen LogP contribution in [-0.4, -0.2) is 48.6 Å². The molecule has 0 unspecified atom stereocenters. The fraction of sp³-hybridized carbons (Fsp3) is 0.800. The van der Waals surface area contributed by atoms with Crippen molar-refractivity contribution < 1.29 is 1.43 Å². The van der Waals surface area contributed by atoms with E-state index in [4.69, 9.17) is 11.0 Å². The Morgan fingerprint density at radius 3 is 2.11 bits per heavy atom. The second-order valence-corrected chi connectivity index (χ2v) is 4.14. The molecule has 0 radical (unpaired) electrons. The molecule has 0 aromatic rings. The zero-order valence-corrected chi connectivity index (χ0v) is 13.1. The van der Waals surface area contributed by atoms with Gasteiger partial charge in [0.05, 0.1) is 0 Å². The summed E-state index contributed by atoms with van der Waals surface area (Å²) in [7, 11) is 0. The highest BCUT2D eigenvalue weighted by Gasteiger charge is 2.28. The lowest BCUT2D eigenvalue weighted by Crippen LogP contribution is -2.34. The Morgan fingerprint density at radius 1 is 1.26 bits per heavy atom. The molecule has 0 spiro atoms. The van der Waals surface area contributed by atoms with Gasteiger partial charge in [-0.05, 0) is 38.9 Å². The summed E-state index contributed by atoms with van der Waals surface area (Å²) in [5.74, 6) is 0. The molecule has 0 aliphatic carbocycles. The third-order valence-electron chi connectivity index (χ3n) is 2.96. The number of likely N-dealkylation sites (tertiary alicyclic amines) is 2. The molecule has 2 heterocycles. The molecule has 2 N–H and O–H groups in total. The Balaban J connectivity index is -0.000000315. The van der Waals surface area contributed by atoms with Crippen molar-refractivity contribution in [1.29, 1.82) is 5.26 Å². The number of nitrogens with two attached hydrogens (primary N) is 1. The first-order chi connectivity index (χ1) is 9.31. The molecular formula is C15H34N4. The Labute approximate surface area is 121 Å². The molecule has 2 saturated heterocycles. The van der Waals surface area contributed by atoms with Gasteiger partial charge in [0, 0.05) is 20.6 Å². The third-order valence-corrected chi connectivity index (χ3v) is 2.96. The van der Waals surface area contributed by atoms with Crippen LogP contribution >= 0.6 is 0 Å². The zero-order valence-electron chi connectivity index (χ0n) is 13.1. The van der Waals surface area contributed by atoms with E-state index >= 15 is 0 Å². The maximum atomic E-state index is 8.68. The van der Waals surface area contributed by atoms with Gasteiger partial charge >= 0.3 is 0 Å². The molecule has 4 nitrogen and oxygen atoms in total. The first-order valence-corrected chi connectivity index (χ1v) is 7.40. The van der Waals surface area contributed by atoms with Crippen LogP contribution in [0.3, 0.4) is 0 Å². The fourth-order valence-corrected chi connectivity index (χ4v) is 2.24. The highest BCUT2D eigenvalue weighted by molar-refractivity contribution is 4.90. The zero-order chi connectivity index (χ0) is 15.1. The van der Waals surface area contributed by atoms with Gasteiger partial charge in [-0.25, -0.2) is 0 Å². The van der Waals surface area contributed by atoms with Gasteiger partial charge in [0.25, 0.3) is 0 Å². The molecule has 19 heavy (non-hydrogen) atoms. The SMILES string of the molecule is C=C.CC.CCN.N#CN1CC[C@H](N2CCCC2)C1.[HH]. The molecule has 2 aliphatic heterocycles. The van der Waals surface area contributed by atoms with E-state index in [0.717, 1.165) is 19.6 Å². The molecule has 0 aromatic heterocycles. The lowest BCUT2D eigenvalue weighted by Gasteiger charge is -2.22. The van der Waals surface area contributed by atoms with Gasteiger partial charge in [-0.2, -0.15) is 5.26 Å². The Morgan fingerprint density at radius 2 is 1.74 bits per heavy atom. The minimum absolute atomic E-state index is 0. The van der Waals surface area contributed by atoms with Crippen LogP contribution in [0.25, 0.3) is 0 Å². The standard InChI is InChI=1S/C9H15N3.C2H7N.C2H6.C2H4.H2/c10-8-11-6-3-9(7-11)12-4-1-2-5-12;1-2-3;2*1-2;/h9H,1-7H2;2-3H2,1H3;1-2H3;1-2H2;1H/t9-;;;;/m0..../s1. The van der Waals surface area contributed by atoms with Crippen molar-refractivity contribution in [3.05, 3.63) is 13.2 Å². The lowest BCUT2D eigenvalue weighted by atomic mass is 10.2. The number of hydrogen-bond acceptors (Lipinski definition) is 4. The van der Waals surface area contributed by atoms with Crippen LogP contribution in [0.2, 0.25) is 0 Å². The van der Waals surface area contributed by atoms with E-state index in [0.29, 0.717) is 6.04 Å². The van der Waals surface area contributed by atoms with E-state index in [1.165, 1.54) is 32.4 Å². The molecule has 0 saturated carbocycles. The topological polar surface area (TPSA) is 56.3 Å². The Bertz CT molecular complexity index is 224. The Kier molecular flexibility index (Phi) is 16.0. The van der Waals surface area contributed by atoms with Crippen molar-refractivity contribution in [2.24, 2.45) is 5.73 Å². The Hall–Kier alpha value is -1.05. The van der Waals surface area contributed by atoms with Crippen LogP contribution in [0, 0.1) is 11.5 Å². The van der Waals surface area contributed by atoms with Crippen LogP contribution in [0.1, 0.15) is 41.5 Å². The summed E-state index contributed by atoms with van der Waals surface area (Å²) in [6, 6.07) is 0.673. The predicted octanol–water partition coefficient (Wildman–Crippen LogP) is 2.68. The van der Waals surface area contributed by atoms with Crippen LogP contribution in [0.4, 0.5) is 0 Å². The van der Waals surface area contributed by atoms with Gasteiger partial charge in [0.15, 0.2) is 6.19 Å². The van der Waals surface area contributed by atoms with Gasteiger partial charge in [0.1, 0.15) is 0 Å². The van der Waals surface area contributed by atoms with Crippen LogP contribution in [-0.2, 0) is 0 Å². The highest BCUT2D eigenvalue weighted by Crippen LogP contribution is 2.19. The van der Waals surface area contributed by atoms with Gasteiger partial charge < -0.3 is 10.6 Å². The molecule has 114 valence electrons. The van der Waals surface area contributed by atoms with E-state index in [1.807, 2.05) is 25.7 Å². The summed E-state index contributed by atoms with van der Waals surface area (Å²) >= 11 is 0. The van der Waals surface area contributed by atoms with Crippen LogP contribution in [0.5, 0.6) is 0 Å².